The van der Waals surface area contributed by atoms with Crippen molar-refractivity contribution < 1.29 is 53.5 Å². The van der Waals surface area contributed by atoms with Gasteiger partial charge in [0.2, 0.25) is 5.91 Å². The van der Waals surface area contributed by atoms with Crippen molar-refractivity contribution in [1.82, 2.24) is 5.32 Å². The third-order valence-electron chi connectivity index (χ3n) is 6.69. The van der Waals surface area contributed by atoms with Crippen molar-refractivity contribution in [3.63, 3.8) is 0 Å². The Balaban J connectivity index is 1.88. The van der Waals surface area contributed by atoms with E-state index in [2.05, 4.69) is 5.32 Å². The summed E-state index contributed by atoms with van der Waals surface area (Å²) in [5.74, 6) is -6.35. The third kappa shape index (κ3) is 9.01. The second kappa shape index (κ2) is 12.8. The van der Waals surface area contributed by atoms with Gasteiger partial charge in [-0.1, -0.05) is 46.9 Å². The summed E-state index contributed by atoms with van der Waals surface area (Å²) in [6, 6.07) is 3.00. The van der Waals surface area contributed by atoms with E-state index in [9.17, 15) is 49.1 Å². The summed E-state index contributed by atoms with van der Waals surface area (Å²) in [6.07, 6.45) is -16.9. The Kier molecular flexibility index (Phi) is 10.4. The number of ketones is 1. The molecule has 1 N–H and O–H groups in total. The van der Waals surface area contributed by atoms with E-state index < -0.39 is 88.9 Å². The number of halogens is 13. The normalized spacial score (nSPS) is 16.2. The lowest BCUT2D eigenvalue weighted by Gasteiger charge is -2.19. The molecule has 236 valence electrons. The fourth-order valence-corrected chi connectivity index (χ4v) is 4.88. The summed E-state index contributed by atoms with van der Waals surface area (Å²) in [7, 11) is 0. The zero-order valence-corrected chi connectivity index (χ0v) is 23.8. The number of rotatable bonds is 10. The largest absolute Gasteiger partial charge is 0.417 e. The van der Waals surface area contributed by atoms with Gasteiger partial charge in [0.05, 0.1) is 26.0 Å². The Morgan fingerprint density at radius 2 is 1.51 bits per heavy atom. The number of hydrogen-bond donors (Lipinski definition) is 1. The first kappa shape index (κ1) is 35.0. The molecule has 2 aromatic rings. The van der Waals surface area contributed by atoms with Gasteiger partial charge < -0.3 is 5.32 Å². The smallest absolute Gasteiger partial charge is 0.356 e. The first-order valence-corrected chi connectivity index (χ1v) is 13.5. The van der Waals surface area contributed by atoms with Crippen LogP contribution in [0.1, 0.15) is 65.1 Å². The molecular weight excluding hydrogens is 667 g/mol. The molecule has 1 fully saturated rings. The van der Waals surface area contributed by atoms with Gasteiger partial charge in [-0.05, 0) is 49.1 Å². The van der Waals surface area contributed by atoms with Crippen LogP contribution in [0.15, 0.2) is 36.4 Å². The lowest BCUT2D eigenvalue weighted by atomic mass is 9.90. The highest BCUT2D eigenvalue weighted by Crippen LogP contribution is 2.50. The quantitative estimate of drug-likeness (QED) is 0.117. The summed E-state index contributed by atoms with van der Waals surface area (Å²) in [4.78, 5) is 25.3. The fourth-order valence-electron chi connectivity index (χ4n) is 4.26. The van der Waals surface area contributed by atoms with Gasteiger partial charge in [-0.2, -0.15) is 39.5 Å². The lowest BCUT2D eigenvalue weighted by molar-refractivity contribution is -0.140. The molecular formula is C27H20Cl3F10NO2. The van der Waals surface area contributed by atoms with Gasteiger partial charge in [0, 0.05) is 30.5 Å². The Hall–Kier alpha value is -2.51. The van der Waals surface area contributed by atoms with E-state index in [1.165, 1.54) is 0 Å². The molecule has 43 heavy (non-hydrogen) atoms. The zero-order chi connectivity index (χ0) is 32.5. The molecule has 0 heterocycles. The highest BCUT2D eigenvalue weighted by atomic mass is 35.5. The number of benzene rings is 2. The van der Waals surface area contributed by atoms with Crippen LogP contribution in [0.3, 0.4) is 0 Å². The maximum absolute atomic E-state index is 15.1. The van der Waals surface area contributed by atoms with Crippen LogP contribution in [0, 0.1) is 5.41 Å². The minimum Gasteiger partial charge on any atom is -0.356 e. The van der Waals surface area contributed by atoms with E-state index in [-0.39, 0.29) is 46.6 Å². The van der Waals surface area contributed by atoms with Crippen LogP contribution in [0.2, 0.25) is 15.1 Å². The van der Waals surface area contributed by atoms with E-state index in [0.29, 0.717) is 12.1 Å². The standard InChI is InChI=1S/C27H20Cl3F10NO2/c28-18-9-14(10-19(29)22(18)30)16(26(35,36)37)11-20(31)13-2-3-15(17(8-13)27(38,39)40)21(42)12-24(5-6-24)23(43)41-7-1-4-25(32,33)34/h2-3,8-11,16H,1,4-7,12H2,(H,41,43)/b20-11-. The predicted octanol–water partition coefficient (Wildman–Crippen LogP) is 10.1. The van der Waals surface area contributed by atoms with E-state index in [1.54, 1.807) is 0 Å². The third-order valence-corrected chi connectivity index (χ3v) is 7.89. The molecule has 3 nitrogen and oxygen atoms in total. The Morgan fingerprint density at radius 1 is 0.930 bits per heavy atom. The first-order chi connectivity index (χ1) is 19.6. The van der Waals surface area contributed by atoms with Crippen LogP contribution < -0.4 is 5.32 Å². The molecule has 0 radical (unpaired) electrons. The van der Waals surface area contributed by atoms with Crippen molar-refractivity contribution in [1.29, 1.82) is 0 Å². The number of amides is 1. The van der Waals surface area contributed by atoms with Gasteiger partial charge in [0.1, 0.15) is 11.7 Å². The Morgan fingerprint density at radius 3 is 2.00 bits per heavy atom. The Labute approximate surface area is 253 Å². The maximum atomic E-state index is 15.1. The molecule has 3 rings (SSSR count). The topological polar surface area (TPSA) is 46.2 Å². The fraction of sp³-hybridized carbons (Fsp3) is 0.407. The van der Waals surface area contributed by atoms with Crippen molar-refractivity contribution in [2.45, 2.75) is 56.6 Å². The molecule has 2 aromatic carbocycles. The molecule has 1 saturated carbocycles. The first-order valence-electron chi connectivity index (χ1n) is 12.3. The average Bonchev–Trinajstić information content (AvgIpc) is 3.66. The van der Waals surface area contributed by atoms with Gasteiger partial charge in [0.15, 0.2) is 5.78 Å². The number of hydrogen-bond acceptors (Lipinski definition) is 2. The van der Waals surface area contributed by atoms with Crippen molar-refractivity contribution in [2.24, 2.45) is 5.41 Å². The van der Waals surface area contributed by atoms with Gasteiger partial charge in [-0.3, -0.25) is 9.59 Å². The minimum absolute atomic E-state index is 0.0230. The number of Topliss-reactive ketones (excluding diaryl/α,β-unsaturated/α-hetero) is 1. The summed E-state index contributed by atoms with van der Waals surface area (Å²) >= 11 is 17.3. The SMILES string of the molecule is O=C(CC1(C(=O)NCCCC(F)(F)F)CC1)c1ccc(/C(F)=C/C(c2cc(Cl)c(Cl)c(Cl)c2)C(F)(F)F)cc1C(F)(F)F. The number of nitrogens with one attached hydrogen (secondary N) is 1. The average molecular weight is 687 g/mol. The van der Waals surface area contributed by atoms with E-state index in [0.717, 1.165) is 12.1 Å². The summed E-state index contributed by atoms with van der Waals surface area (Å²) < 4.78 is 135. The number of alkyl halides is 9. The number of allylic oxidation sites excluding steroid dienone is 1. The zero-order valence-electron chi connectivity index (χ0n) is 21.5. The minimum atomic E-state index is -5.25. The van der Waals surface area contributed by atoms with Crippen LogP contribution >= 0.6 is 34.8 Å². The van der Waals surface area contributed by atoms with Crippen molar-refractivity contribution in [3.8, 4) is 0 Å². The Bertz CT molecular complexity index is 1390. The molecule has 1 aliphatic rings. The monoisotopic (exact) mass is 685 g/mol. The molecule has 1 unspecified atom stereocenters. The van der Waals surface area contributed by atoms with E-state index in [4.69, 9.17) is 34.8 Å². The molecule has 16 heteroatoms. The lowest BCUT2D eigenvalue weighted by Crippen LogP contribution is -2.34. The highest BCUT2D eigenvalue weighted by molar-refractivity contribution is 6.48. The summed E-state index contributed by atoms with van der Waals surface area (Å²) in [6.45, 7) is -0.365. The van der Waals surface area contributed by atoms with Gasteiger partial charge in [0.25, 0.3) is 0 Å². The van der Waals surface area contributed by atoms with Crippen LogP contribution in [-0.2, 0) is 11.0 Å². The summed E-state index contributed by atoms with van der Waals surface area (Å²) in [5, 5.41) is 1.23. The molecule has 0 saturated heterocycles. The van der Waals surface area contributed by atoms with Crippen molar-refractivity contribution in [2.75, 3.05) is 6.54 Å². The van der Waals surface area contributed by atoms with Crippen molar-refractivity contribution >= 4 is 52.3 Å². The summed E-state index contributed by atoms with van der Waals surface area (Å²) in [5.41, 5.74) is -5.59. The van der Waals surface area contributed by atoms with Gasteiger partial charge in [-0.15, -0.1) is 0 Å². The molecule has 0 aromatic heterocycles. The van der Waals surface area contributed by atoms with Crippen LogP contribution in [0.5, 0.6) is 0 Å². The molecule has 1 atom stereocenters. The number of carbonyl (C=O) groups excluding carboxylic acids is 2. The molecule has 0 bridgehead atoms. The predicted molar refractivity (Wildman–Crippen MR) is 140 cm³/mol. The van der Waals surface area contributed by atoms with Gasteiger partial charge in [-0.25, -0.2) is 4.39 Å². The molecule has 1 aliphatic carbocycles. The molecule has 0 aliphatic heterocycles. The van der Waals surface area contributed by atoms with Crippen LogP contribution in [0.4, 0.5) is 43.9 Å². The second-order valence-corrected chi connectivity index (χ2v) is 11.1. The van der Waals surface area contributed by atoms with Crippen LogP contribution in [-0.4, -0.2) is 30.6 Å². The van der Waals surface area contributed by atoms with Crippen LogP contribution in [0.25, 0.3) is 5.83 Å². The number of carbonyl (C=O) groups is 2. The molecule has 0 spiro atoms. The molecule has 1 amide bonds. The van der Waals surface area contributed by atoms with E-state index in [1.807, 2.05) is 0 Å². The van der Waals surface area contributed by atoms with E-state index >= 15 is 4.39 Å². The maximum Gasteiger partial charge on any atom is 0.417 e. The van der Waals surface area contributed by atoms with Crippen molar-refractivity contribution in [3.05, 3.63) is 73.7 Å². The van der Waals surface area contributed by atoms with Gasteiger partial charge >= 0.3 is 18.5 Å². The second-order valence-electron chi connectivity index (χ2n) is 9.95. The highest BCUT2D eigenvalue weighted by Gasteiger charge is 2.51.